The number of anilines is 3. The number of hydrogen-bond donors (Lipinski definition) is 2. The first kappa shape index (κ1) is 21.5. The molecule has 8 nitrogen and oxygen atoms in total. The highest BCUT2D eigenvalue weighted by Crippen LogP contribution is 2.33. The van der Waals surface area contributed by atoms with Gasteiger partial charge in [0.15, 0.2) is 0 Å². The van der Waals surface area contributed by atoms with Gasteiger partial charge in [0.1, 0.15) is 0 Å². The molecule has 2 heterocycles. The smallest absolute Gasteiger partial charge is 0.262 e. The van der Waals surface area contributed by atoms with Crippen molar-refractivity contribution in [2.75, 3.05) is 21.5 Å². The molecule has 4 rings (SSSR count). The summed E-state index contributed by atoms with van der Waals surface area (Å²) >= 11 is 0. The van der Waals surface area contributed by atoms with Crippen LogP contribution in [0.4, 0.5) is 17.1 Å². The predicted molar refractivity (Wildman–Crippen MR) is 122 cm³/mol. The average molecular weight is 451 g/mol. The number of amides is 2. The van der Waals surface area contributed by atoms with Gasteiger partial charge in [-0.05, 0) is 66.9 Å². The number of aryl methyl sites for hydroxylation is 1. The Morgan fingerprint density at radius 3 is 2.41 bits per heavy atom. The summed E-state index contributed by atoms with van der Waals surface area (Å²) in [7, 11) is -3.87. The molecule has 0 aliphatic carbocycles. The number of pyridine rings is 1. The minimum absolute atomic E-state index is 0.108. The van der Waals surface area contributed by atoms with Crippen LogP contribution in [-0.2, 0) is 21.2 Å². The van der Waals surface area contributed by atoms with Crippen LogP contribution in [0, 0.1) is 6.92 Å². The predicted octanol–water partition coefficient (Wildman–Crippen LogP) is 3.35. The molecular weight excluding hydrogens is 428 g/mol. The SMILES string of the molecule is CC(=O)Nc1ccc(S(=O)(=O)Nc2ccc3c(c2)N(C(=O)c2ccncc2)CC3)c(C)c1. The van der Waals surface area contributed by atoms with Crippen LogP contribution in [0.25, 0.3) is 0 Å². The molecule has 3 aromatic rings. The van der Waals surface area contributed by atoms with E-state index in [9.17, 15) is 18.0 Å². The lowest BCUT2D eigenvalue weighted by Crippen LogP contribution is -2.28. The van der Waals surface area contributed by atoms with Gasteiger partial charge in [0.2, 0.25) is 5.91 Å². The molecule has 0 spiro atoms. The van der Waals surface area contributed by atoms with E-state index >= 15 is 0 Å². The fourth-order valence-electron chi connectivity index (χ4n) is 3.75. The zero-order valence-corrected chi connectivity index (χ0v) is 18.4. The first-order chi connectivity index (χ1) is 15.2. The summed E-state index contributed by atoms with van der Waals surface area (Å²) in [5.74, 6) is -0.391. The van der Waals surface area contributed by atoms with Gasteiger partial charge in [0, 0.05) is 42.8 Å². The third-order valence-electron chi connectivity index (χ3n) is 5.19. The van der Waals surface area contributed by atoms with E-state index in [1.807, 2.05) is 6.07 Å². The number of rotatable bonds is 5. The van der Waals surface area contributed by atoms with Crippen molar-refractivity contribution in [1.29, 1.82) is 0 Å². The number of fused-ring (bicyclic) bond motifs is 1. The highest BCUT2D eigenvalue weighted by atomic mass is 32.2. The van der Waals surface area contributed by atoms with E-state index in [0.717, 1.165) is 5.56 Å². The van der Waals surface area contributed by atoms with Crippen molar-refractivity contribution in [3.8, 4) is 0 Å². The third kappa shape index (κ3) is 4.33. The summed E-state index contributed by atoms with van der Waals surface area (Å²) in [5, 5.41) is 2.64. The van der Waals surface area contributed by atoms with Crippen molar-refractivity contribution >= 4 is 38.9 Å². The molecule has 1 aliphatic heterocycles. The Morgan fingerprint density at radius 1 is 1.00 bits per heavy atom. The van der Waals surface area contributed by atoms with E-state index in [0.29, 0.717) is 41.2 Å². The zero-order valence-electron chi connectivity index (χ0n) is 17.6. The minimum Gasteiger partial charge on any atom is -0.326 e. The number of nitrogens with zero attached hydrogens (tertiary/aromatic N) is 2. The molecule has 0 unspecified atom stereocenters. The lowest BCUT2D eigenvalue weighted by atomic mass is 10.1. The quantitative estimate of drug-likeness (QED) is 0.620. The number of benzene rings is 2. The van der Waals surface area contributed by atoms with Gasteiger partial charge in [-0.25, -0.2) is 8.42 Å². The summed E-state index contributed by atoms with van der Waals surface area (Å²) in [6, 6.07) is 13.1. The van der Waals surface area contributed by atoms with Crippen LogP contribution in [0.2, 0.25) is 0 Å². The van der Waals surface area contributed by atoms with Gasteiger partial charge in [-0.2, -0.15) is 0 Å². The maximum atomic E-state index is 13.0. The number of carbonyl (C=O) groups is 2. The van der Waals surface area contributed by atoms with Crippen molar-refractivity contribution in [2.45, 2.75) is 25.2 Å². The lowest BCUT2D eigenvalue weighted by molar-refractivity contribution is -0.114. The van der Waals surface area contributed by atoms with Crippen LogP contribution >= 0.6 is 0 Å². The van der Waals surface area contributed by atoms with Gasteiger partial charge in [-0.1, -0.05) is 6.07 Å². The highest BCUT2D eigenvalue weighted by molar-refractivity contribution is 7.92. The van der Waals surface area contributed by atoms with Crippen LogP contribution in [0.5, 0.6) is 0 Å². The van der Waals surface area contributed by atoms with Crippen LogP contribution in [0.3, 0.4) is 0 Å². The summed E-state index contributed by atoms with van der Waals surface area (Å²) in [5.41, 5.74) is 3.57. The maximum Gasteiger partial charge on any atom is 0.262 e. The van der Waals surface area contributed by atoms with E-state index < -0.39 is 10.0 Å². The van der Waals surface area contributed by atoms with E-state index in [4.69, 9.17) is 0 Å². The highest BCUT2D eigenvalue weighted by Gasteiger charge is 2.27. The Labute approximate surface area is 186 Å². The van der Waals surface area contributed by atoms with E-state index in [1.165, 1.54) is 13.0 Å². The molecule has 1 aliphatic rings. The number of nitrogens with one attached hydrogen (secondary N) is 2. The monoisotopic (exact) mass is 450 g/mol. The molecule has 0 radical (unpaired) electrons. The zero-order chi connectivity index (χ0) is 22.9. The summed E-state index contributed by atoms with van der Waals surface area (Å²) < 4.78 is 28.6. The lowest BCUT2D eigenvalue weighted by Gasteiger charge is -2.18. The molecule has 1 aromatic heterocycles. The molecule has 2 amide bonds. The summed E-state index contributed by atoms with van der Waals surface area (Å²) in [6.45, 7) is 3.58. The molecule has 0 saturated heterocycles. The normalized spacial score (nSPS) is 12.9. The van der Waals surface area contributed by atoms with E-state index in [1.54, 1.807) is 60.6 Å². The fraction of sp³-hybridized carbons (Fsp3) is 0.174. The number of hydrogen-bond acceptors (Lipinski definition) is 5. The van der Waals surface area contributed by atoms with Crippen molar-refractivity contribution in [1.82, 2.24) is 4.98 Å². The molecule has 9 heteroatoms. The molecule has 2 aromatic carbocycles. The van der Waals surface area contributed by atoms with Crippen molar-refractivity contribution in [3.05, 3.63) is 77.6 Å². The molecule has 0 bridgehead atoms. The first-order valence-corrected chi connectivity index (χ1v) is 11.5. The molecule has 32 heavy (non-hydrogen) atoms. The van der Waals surface area contributed by atoms with Gasteiger partial charge in [-0.15, -0.1) is 0 Å². The van der Waals surface area contributed by atoms with Crippen molar-refractivity contribution in [3.63, 3.8) is 0 Å². The second-order valence-corrected chi connectivity index (χ2v) is 9.20. The van der Waals surface area contributed by atoms with Gasteiger partial charge in [0.25, 0.3) is 15.9 Å². The Morgan fingerprint density at radius 2 is 1.72 bits per heavy atom. The van der Waals surface area contributed by atoms with Crippen LogP contribution < -0.4 is 14.9 Å². The van der Waals surface area contributed by atoms with E-state index in [2.05, 4.69) is 15.0 Å². The van der Waals surface area contributed by atoms with E-state index in [-0.39, 0.29) is 16.7 Å². The summed E-state index contributed by atoms with van der Waals surface area (Å²) in [6.07, 6.45) is 3.82. The van der Waals surface area contributed by atoms with Crippen molar-refractivity contribution in [2.24, 2.45) is 0 Å². The average Bonchev–Trinajstić information content (AvgIpc) is 3.16. The first-order valence-electron chi connectivity index (χ1n) is 10.0. The molecule has 164 valence electrons. The number of aromatic nitrogens is 1. The topological polar surface area (TPSA) is 108 Å². The molecule has 0 saturated carbocycles. The summed E-state index contributed by atoms with van der Waals surface area (Å²) in [4.78, 5) is 29.8. The largest absolute Gasteiger partial charge is 0.326 e. The second kappa shape index (κ2) is 8.43. The molecule has 2 N–H and O–H groups in total. The van der Waals surface area contributed by atoms with Gasteiger partial charge >= 0.3 is 0 Å². The van der Waals surface area contributed by atoms with Gasteiger partial charge in [0.05, 0.1) is 10.6 Å². The molecule has 0 atom stereocenters. The number of sulfonamides is 1. The standard InChI is InChI=1S/C23H22N4O4S/c1-15-13-19(25-16(2)28)5-6-22(15)32(30,31)26-20-4-3-17-9-12-27(21(17)14-20)23(29)18-7-10-24-11-8-18/h3-8,10-11,13-14,26H,9,12H2,1-2H3,(H,25,28). The Balaban J connectivity index is 1.60. The molecular formula is C23H22N4O4S. The van der Waals surface area contributed by atoms with Gasteiger partial charge in [-0.3, -0.25) is 19.3 Å². The van der Waals surface area contributed by atoms with Crippen LogP contribution in [0.1, 0.15) is 28.4 Å². The minimum atomic E-state index is -3.87. The number of carbonyl (C=O) groups excluding carboxylic acids is 2. The van der Waals surface area contributed by atoms with Crippen molar-refractivity contribution < 1.29 is 18.0 Å². The van der Waals surface area contributed by atoms with Crippen LogP contribution in [0.15, 0.2) is 65.8 Å². The van der Waals surface area contributed by atoms with Gasteiger partial charge < -0.3 is 10.2 Å². The fourth-order valence-corrected chi connectivity index (χ4v) is 5.02. The third-order valence-corrected chi connectivity index (χ3v) is 6.73. The molecule has 0 fully saturated rings. The second-order valence-electron chi connectivity index (χ2n) is 7.55. The Bertz CT molecular complexity index is 1310. The Hall–Kier alpha value is -3.72. The Kier molecular flexibility index (Phi) is 5.67. The maximum absolute atomic E-state index is 13.0. The van der Waals surface area contributed by atoms with Crippen LogP contribution in [-0.4, -0.2) is 31.8 Å².